The number of halogens is 1. The topological polar surface area (TPSA) is 75.3 Å². The number of benzene rings is 2. The zero-order valence-corrected chi connectivity index (χ0v) is 19.4. The van der Waals surface area contributed by atoms with Crippen LogP contribution in [0, 0.1) is 6.57 Å². The molecule has 2 unspecified atom stereocenters. The number of hydrogen-bond donors (Lipinski definition) is 2. The van der Waals surface area contributed by atoms with E-state index in [-0.39, 0.29) is 12.5 Å². The van der Waals surface area contributed by atoms with E-state index in [9.17, 15) is 4.79 Å². The minimum atomic E-state index is -0.694. The highest BCUT2D eigenvalue weighted by Crippen LogP contribution is 2.42. The van der Waals surface area contributed by atoms with E-state index in [0.717, 1.165) is 0 Å². The first-order chi connectivity index (χ1) is 15.5. The molecule has 6 nitrogen and oxygen atoms in total. The number of nitrogens with zero attached hydrogens (tertiary/aromatic N) is 2. The number of ether oxygens (including phenoxy) is 1. The van der Waals surface area contributed by atoms with Gasteiger partial charge >= 0.3 is 0 Å². The van der Waals surface area contributed by atoms with E-state index in [1.54, 1.807) is 25.1 Å². The van der Waals surface area contributed by atoms with E-state index in [4.69, 9.17) is 28.0 Å². The van der Waals surface area contributed by atoms with Crippen LogP contribution in [0.1, 0.15) is 24.8 Å². The first-order valence-electron chi connectivity index (χ1n) is 10.1. The number of carbonyl (C=O) groups is 1. The summed E-state index contributed by atoms with van der Waals surface area (Å²) < 4.78 is 5.35. The number of aliphatic imine (C=N–C) groups is 1. The molecule has 0 bridgehead atoms. The maximum absolute atomic E-state index is 13.5. The highest BCUT2D eigenvalue weighted by atomic mass is 35.5. The van der Waals surface area contributed by atoms with E-state index in [2.05, 4.69) is 15.2 Å². The Bertz CT molecular complexity index is 1090. The summed E-state index contributed by atoms with van der Waals surface area (Å²) >= 11 is 7.96. The second-order valence-electron chi connectivity index (χ2n) is 7.10. The average Bonchev–Trinajstić information content (AvgIpc) is 2.79. The molecule has 0 saturated carbocycles. The summed E-state index contributed by atoms with van der Waals surface area (Å²) in [6, 6.07) is 13.7. The maximum atomic E-state index is 13.5. The Morgan fingerprint density at radius 2 is 2.00 bits per heavy atom. The van der Waals surface area contributed by atoms with Gasteiger partial charge in [0.2, 0.25) is 0 Å². The van der Waals surface area contributed by atoms with Crippen molar-refractivity contribution in [1.82, 2.24) is 0 Å². The summed E-state index contributed by atoms with van der Waals surface area (Å²) in [7, 11) is 1.54. The number of hydrogen-bond acceptors (Lipinski definition) is 5. The van der Waals surface area contributed by atoms with Crippen LogP contribution in [0.3, 0.4) is 0 Å². The predicted molar refractivity (Wildman–Crippen MR) is 131 cm³/mol. The quantitative estimate of drug-likeness (QED) is 0.434. The summed E-state index contributed by atoms with van der Waals surface area (Å²) in [5, 5.41) is 13.2. The molecule has 2 N–H and O–H groups in total. The molecule has 0 radical (unpaired) electrons. The fourth-order valence-electron chi connectivity index (χ4n) is 3.60. The Morgan fingerprint density at radius 3 is 2.69 bits per heavy atom. The van der Waals surface area contributed by atoms with Gasteiger partial charge in [0.25, 0.3) is 11.9 Å². The number of allylic oxidation sites excluding steroid dienone is 1. The Balaban J connectivity index is 2.08. The minimum absolute atomic E-state index is 0.0678. The molecule has 2 atom stereocenters. The molecule has 8 heteroatoms. The first-order valence-corrected chi connectivity index (χ1v) is 11.5. The molecule has 0 aromatic heterocycles. The van der Waals surface area contributed by atoms with Crippen LogP contribution in [0.15, 0.2) is 64.8 Å². The number of thioether (sulfide) groups is 1. The van der Waals surface area contributed by atoms with Crippen molar-refractivity contribution in [3.63, 3.8) is 0 Å². The fourth-order valence-corrected chi connectivity index (χ4v) is 4.90. The SMILES string of the molecule is [C-]#[N+]C1C(SCCCO)=NC(C)=C(C(=O)Nc2ccccc2OC)C1c1ccccc1Cl. The van der Waals surface area contributed by atoms with Gasteiger partial charge < -0.3 is 20.0 Å². The first kappa shape index (κ1) is 23.9. The largest absolute Gasteiger partial charge is 0.495 e. The number of carbonyl (C=O) groups excluding carboxylic acids is 1. The molecule has 166 valence electrons. The number of rotatable bonds is 7. The second-order valence-corrected chi connectivity index (χ2v) is 8.62. The van der Waals surface area contributed by atoms with Gasteiger partial charge in [0, 0.05) is 23.1 Å². The number of anilines is 1. The normalized spacial score (nSPS) is 18.0. The number of methoxy groups -OCH3 is 1. The lowest BCUT2D eigenvalue weighted by Gasteiger charge is -2.28. The van der Waals surface area contributed by atoms with Crippen molar-refractivity contribution in [2.75, 3.05) is 24.8 Å². The highest BCUT2D eigenvalue weighted by molar-refractivity contribution is 8.14. The Labute approximate surface area is 197 Å². The molecule has 1 aliphatic rings. The van der Waals surface area contributed by atoms with Gasteiger partial charge in [-0.25, -0.2) is 11.6 Å². The Morgan fingerprint density at radius 1 is 1.28 bits per heavy atom. The van der Waals surface area contributed by atoms with Gasteiger partial charge in [-0.15, -0.1) is 11.8 Å². The molecular weight excluding hydrogens is 446 g/mol. The van der Waals surface area contributed by atoms with Gasteiger partial charge in [-0.3, -0.25) is 4.79 Å². The van der Waals surface area contributed by atoms with Crippen LogP contribution in [0.4, 0.5) is 5.69 Å². The van der Waals surface area contributed by atoms with Crippen LogP contribution in [0.2, 0.25) is 5.02 Å². The second kappa shape index (κ2) is 11.2. The third-order valence-corrected chi connectivity index (χ3v) is 6.54. The number of para-hydroxylation sites is 2. The number of nitrogens with one attached hydrogen (secondary N) is 1. The van der Waals surface area contributed by atoms with Crippen LogP contribution >= 0.6 is 23.4 Å². The smallest absolute Gasteiger partial charge is 0.282 e. The Hall–Kier alpha value is -2.79. The average molecular weight is 470 g/mol. The van der Waals surface area contributed by atoms with Crippen molar-refractivity contribution in [3.05, 3.63) is 81.8 Å². The zero-order valence-electron chi connectivity index (χ0n) is 17.8. The molecule has 0 spiro atoms. The van der Waals surface area contributed by atoms with Crippen molar-refractivity contribution in [3.8, 4) is 5.75 Å². The number of aliphatic hydroxyl groups excluding tert-OH is 1. The zero-order chi connectivity index (χ0) is 23.1. The summed E-state index contributed by atoms with van der Waals surface area (Å²) in [4.78, 5) is 22.0. The van der Waals surface area contributed by atoms with Crippen molar-refractivity contribution in [2.45, 2.75) is 25.3 Å². The van der Waals surface area contributed by atoms with Crippen LogP contribution in [-0.2, 0) is 4.79 Å². The summed E-state index contributed by atoms with van der Waals surface area (Å²) in [6.07, 6.45) is 0.592. The minimum Gasteiger partial charge on any atom is -0.495 e. The molecule has 32 heavy (non-hydrogen) atoms. The van der Waals surface area contributed by atoms with Gasteiger partial charge in [0.1, 0.15) is 5.75 Å². The molecule has 1 amide bonds. The highest BCUT2D eigenvalue weighted by Gasteiger charge is 2.43. The van der Waals surface area contributed by atoms with Crippen LogP contribution in [-0.4, -0.2) is 41.6 Å². The lowest BCUT2D eigenvalue weighted by molar-refractivity contribution is -0.113. The van der Waals surface area contributed by atoms with E-state index >= 15 is 0 Å². The summed E-state index contributed by atoms with van der Waals surface area (Å²) in [5.74, 6) is 0.237. The molecule has 0 saturated heterocycles. The molecule has 1 aliphatic heterocycles. The molecule has 1 heterocycles. The molecule has 2 aromatic carbocycles. The number of aliphatic hydroxyl groups is 1. The van der Waals surface area contributed by atoms with Crippen LogP contribution in [0.25, 0.3) is 4.85 Å². The Kier molecular flexibility index (Phi) is 8.34. The van der Waals surface area contributed by atoms with Crippen LogP contribution < -0.4 is 10.1 Å². The van der Waals surface area contributed by atoms with Gasteiger partial charge in [-0.05, 0) is 37.1 Å². The van der Waals surface area contributed by atoms with Crippen molar-refractivity contribution in [2.24, 2.45) is 4.99 Å². The summed E-state index contributed by atoms with van der Waals surface area (Å²) in [5.41, 5.74) is 2.17. The van der Waals surface area contributed by atoms with E-state index in [1.807, 2.05) is 30.3 Å². The third kappa shape index (κ3) is 5.16. The molecule has 3 rings (SSSR count). The van der Waals surface area contributed by atoms with E-state index in [1.165, 1.54) is 18.9 Å². The van der Waals surface area contributed by atoms with Gasteiger partial charge in [-0.1, -0.05) is 41.9 Å². The maximum Gasteiger partial charge on any atom is 0.282 e. The molecule has 2 aromatic rings. The third-order valence-electron chi connectivity index (χ3n) is 5.08. The van der Waals surface area contributed by atoms with Crippen molar-refractivity contribution < 1.29 is 14.6 Å². The number of amides is 1. The van der Waals surface area contributed by atoms with Gasteiger partial charge in [0.05, 0.1) is 24.3 Å². The van der Waals surface area contributed by atoms with E-state index in [0.29, 0.717) is 50.5 Å². The van der Waals surface area contributed by atoms with Gasteiger partial charge in [0.15, 0.2) is 5.04 Å². The lowest BCUT2D eigenvalue weighted by atomic mass is 9.82. The van der Waals surface area contributed by atoms with Crippen molar-refractivity contribution in [1.29, 1.82) is 0 Å². The van der Waals surface area contributed by atoms with Crippen molar-refractivity contribution >= 4 is 40.0 Å². The monoisotopic (exact) mass is 469 g/mol. The molecule has 0 aliphatic carbocycles. The molecule has 0 fully saturated rings. The van der Waals surface area contributed by atoms with Crippen LogP contribution in [0.5, 0.6) is 5.75 Å². The predicted octanol–water partition coefficient (Wildman–Crippen LogP) is 5.16. The standard InChI is InChI=1S/C24H24ClN3O3S/c1-15-20(23(30)28-18-11-6-7-12-19(18)31-3)21(16-9-4-5-10-17(16)25)22(26-2)24(27-15)32-14-8-13-29/h4-7,9-12,21-22,29H,8,13-14H2,1,3H3,(H,28,30). The van der Waals surface area contributed by atoms with E-state index < -0.39 is 12.0 Å². The molecular formula is C24H24ClN3O3S. The fraction of sp³-hybridized carbons (Fsp3) is 0.292. The van der Waals surface area contributed by atoms with Gasteiger partial charge in [-0.2, -0.15) is 0 Å². The lowest BCUT2D eigenvalue weighted by Crippen LogP contribution is -2.34. The summed E-state index contributed by atoms with van der Waals surface area (Å²) in [6.45, 7) is 9.74.